The predicted octanol–water partition coefficient (Wildman–Crippen LogP) is 4.44. The number of carbonyl (C=O) groups is 1. The normalized spacial score (nSPS) is 20.6. The van der Waals surface area contributed by atoms with E-state index in [1.165, 1.54) is 18.3 Å². The van der Waals surface area contributed by atoms with E-state index in [-0.39, 0.29) is 47.5 Å². The molecule has 3 aromatic rings. The summed E-state index contributed by atoms with van der Waals surface area (Å²) in [5.74, 6) is -1.43. The molecular formula is C32H35F2N7O2. The van der Waals surface area contributed by atoms with Gasteiger partial charge in [0.1, 0.15) is 29.8 Å². The Balaban J connectivity index is 1.46. The van der Waals surface area contributed by atoms with Crippen LogP contribution in [0.4, 0.5) is 14.6 Å². The number of likely N-dealkylation sites (tertiary alicyclic amines) is 1. The highest BCUT2D eigenvalue weighted by Gasteiger charge is 2.34. The average molecular weight is 588 g/mol. The van der Waals surface area contributed by atoms with Crippen molar-refractivity contribution in [3.63, 3.8) is 0 Å². The highest BCUT2D eigenvalue weighted by atomic mass is 19.1. The molecule has 9 nitrogen and oxygen atoms in total. The van der Waals surface area contributed by atoms with Gasteiger partial charge in [-0.15, -0.1) is 0 Å². The number of piperazine rings is 1. The van der Waals surface area contributed by atoms with Crippen LogP contribution in [0.25, 0.3) is 26.9 Å². The van der Waals surface area contributed by atoms with Crippen molar-refractivity contribution in [1.29, 1.82) is 0 Å². The minimum Gasteiger partial charge on any atom is -0.462 e. The number of likely N-dealkylation sites (N-methyl/N-ethyl adjacent to an activating group) is 1. The van der Waals surface area contributed by atoms with E-state index < -0.39 is 17.7 Å². The van der Waals surface area contributed by atoms with E-state index >= 15 is 8.78 Å². The quantitative estimate of drug-likeness (QED) is 0.299. The number of aromatic nitrogens is 3. The molecule has 2 aromatic heterocycles. The van der Waals surface area contributed by atoms with Gasteiger partial charge in [-0.25, -0.2) is 15.4 Å². The maximum Gasteiger partial charge on any atom is 0.319 e. The van der Waals surface area contributed by atoms with Crippen LogP contribution in [-0.2, 0) is 17.6 Å². The summed E-state index contributed by atoms with van der Waals surface area (Å²) in [6.45, 7) is 13.3. The average Bonchev–Trinajstić information content (AvgIpc) is 3.44. The van der Waals surface area contributed by atoms with Crippen molar-refractivity contribution in [3.8, 4) is 17.1 Å². The number of fused-ring (bicyclic) bond motifs is 2. The summed E-state index contributed by atoms with van der Waals surface area (Å²) < 4.78 is 38.7. The highest BCUT2D eigenvalue weighted by molar-refractivity contribution is 5.94. The van der Waals surface area contributed by atoms with E-state index in [0.717, 1.165) is 56.2 Å². The van der Waals surface area contributed by atoms with Crippen molar-refractivity contribution < 1.29 is 18.3 Å². The molecule has 43 heavy (non-hydrogen) atoms. The monoisotopic (exact) mass is 587 g/mol. The first-order valence-corrected chi connectivity index (χ1v) is 14.9. The van der Waals surface area contributed by atoms with Crippen LogP contribution in [-0.4, -0.2) is 89.1 Å². The minimum absolute atomic E-state index is 0.0128. The van der Waals surface area contributed by atoms with Gasteiger partial charge in [-0.2, -0.15) is 9.97 Å². The van der Waals surface area contributed by atoms with Crippen LogP contribution >= 0.6 is 0 Å². The molecule has 0 unspecified atom stereocenters. The van der Waals surface area contributed by atoms with Gasteiger partial charge in [0.25, 0.3) is 0 Å². The van der Waals surface area contributed by atoms with E-state index in [1.807, 2.05) is 11.9 Å². The van der Waals surface area contributed by atoms with Gasteiger partial charge in [-0.3, -0.25) is 9.78 Å². The van der Waals surface area contributed by atoms with E-state index in [0.29, 0.717) is 31.1 Å². The summed E-state index contributed by atoms with van der Waals surface area (Å²) >= 11 is 0. The lowest BCUT2D eigenvalue weighted by Gasteiger charge is -2.39. The van der Waals surface area contributed by atoms with Crippen molar-refractivity contribution in [2.45, 2.75) is 50.6 Å². The molecule has 224 valence electrons. The van der Waals surface area contributed by atoms with Crippen molar-refractivity contribution in [2.75, 3.05) is 51.3 Å². The number of hydrogen-bond donors (Lipinski definition) is 0. The Hall–Kier alpha value is -4.17. The number of aryl methyl sites for hydroxylation is 1. The zero-order valence-electron chi connectivity index (χ0n) is 24.4. The molecule has 2 atom stereocenters. The molecule has 1 aromatic carbocycles. The molecule has 0 N–H and O–H groups in total. The Morgan fingerprint density at radius 3 is 2.77 bits per heavy atom. The smallest absolute Gasteiger partial charge is 0.319 e. The molecule has 2 saturated heterocycles. The van der Waals surface area contributed by atoms with Gasteiger partial charge >= 0.3 is 6.01 Å². The second-order valence-electron chi connectivity index (χ2n) is 11.6. The number of benzene rings is 1. The topological polar surface area (TPSA) is 79.1 Å². The number of ether oxygens (including phenoxy) is 1. The Morgan fingerprint density at radius 2 is 2.00 bits per heavy atom. The number of rotatable bonds is 7. The minimum atomic E-state index is -0.777. The lowest BCUT2D eigenvalue weighted by atomic mass is 9.87. The standard InChI is InChI=1S/C32H35F2N7O2/c1-4-27(42)41-13-12-40(18-22(41)16-35-2)31-24-14-26(33)28(25-17-36-15-20-8-5-6-10-23(20)25)29(34)30(24)37-32(38-31)43-19-21-9-7-11-39(21)3/h4,14-15,17,21-22H,1,5-13,16,18-19H2,3H3/t21-,22-/m0/s1. The number of pyridine rings is 1. The maximum atomic E-state index is 16.6. The molecule has 1 amide bonds. The summed E-state index contributed by atoms with van der Waals surface area (Å²) in [5, 5.41) is 0.215. The van der Waals surface area contributed by atoms with Crippen molar-refractivity contribution >= 4 is 22.6 Å². The second-order valence-corrected chi connectivity index (χ2v) is 11.6. The Morgan fingerprint density at radius 1 is 1.16 bits per heavy atom. The van der Waals surface area contributed by atoms with E-state index in [1.54, 1.807) is 11.1 Å². The third-order valence-corrected chi connectivity index (χ3v) is 9.00. The van der Waals surface area contributed by atoms with E-state index in [4.69, 9.17) is 11.3 Å². The van der Waals surface area contributed by atoms with E-state index in [2.05, 4.69) is 31.3 Å². The predicted molar refractivity (Wildman–Crippen MR) is 160 cm³/mol. The molecule has 0 bridgehead atoms. The maximum absolute atomic E-state index is 16.6. The van der Waals surface area contributed by atoms with Gasteiger partial charge in [0.05, 0.1) is 5.56 Å². The van der Waals surface area contributed by atoms with Crippen LogP contribution in [0.1, 0.15) is 36.8 Å². The molecule has 6 rings (SSSR count). The number of amides is 1. The van der Waals surface area contributed by atoms with Crippen LogP contribution < -0.4 is 9.64 Å². The fraction of sp³-hybridized carbons (Fsp3) is 0.469. The van der Waals surface area contributed by atoms with Crippen molar-refractivity contribution in [2.24, 2.45) is 0 Å². The molecule has 3 aliphatic rings. The number of hydrogen-bond acceptors (Lipinski definition) is 7. The molecule has 1 aliphatic carbocycles. The molecule has 0 radical (unpaired) electrons. The van der Waals surface area contributed by atoms with Gasteiger partial charge in [-0.1, -0.05) is 6.58 Å². The summed E-state index contributed by atoms with van der Waals surface area (Å²) in [6, 6.07) is 1.06. The van der Waals surface area contributed by atoms with E-state index in [9.17, 15) is 4.79 Å². The first-order chi connectivity index (χ1) is 20.9. The number of anilines is 1. The van der Waals surface area contributed by atoms with Gasteiger partial charge < -0.3 is 24.3 Å². The van der Waals surface area contributed by atoms with Crippen LogP contribution in [0.5, 0.6) is 6.01 Å². The summed E-state index contributed by atoms with van der Waals surface area (Å²) in [6.07, 6.45) is 10.2. The molecule has 2 fully saturated rings. The summed E-state index contributed by atoms with van der Waals surface area (Å²) in [4.78, 5) is 35.2. The molecule has 0 spiro atoms. The zero-order valence-corrected chi connectivity index (χ0v) is 24.4. The Kier molecular flexibility index (Phi) is 8.21. The van der Waals surface area contributed by atoms with Crippen LogP contribution in [0.2, 0.25) is 0 Å². The first-order valence-electron chi connectivity index (χ1n) is 14.9. The van der Waals surface area contributed by atoms with Gasteiger partial charge in [0.2, 0.25) is 12.5 Å². The first kappa shape index (κ1) is 28.9. The van der Waals surface area contributed by atoms with Gasteiger partial charge in [0, 0.05) is 49.0 Å². The molecule has 11 heteroatoms. The lowest BCUT2D eigenvalue weighted by Crippen LogP contribution is -2.56. The molecular weight excluding hydrogens is 552 g/mol. The largest absolute Gasteiger partial charge is 0.462 e. The van der Waals surface area contributed by atoms with Crippen molar-refractivity contribution in [1.82, 2.24) is 24.8 Å². The third-order valence-electron chi connectivity index (χ3n) is 9.00. The third kappa shape index (κ3) is 5.52. The zero-order chi connectivity index (χ0) is 30.1. The fourth-order valence-electron chi connectivity index (χ4n) is 6.66. The number of halogens is 2. The van der Waals surface area contributed by atoms with Gasteiger partial charge in [0.15, 0.2) is 5.82 Å². The van der Waals surface area contributed by atoms with Crippen LogP contribution in [0.15, 0.2) is 31.1 Å². The summed E-state index contributed by atoms with van der Waals surface area (Å²) in [5.41, 5.74) is 2.23. The second kappa shape index (κ2) is 12.2. The molecule has 2 aliphatic heterocycles. The molecule has 0 saturated carbocycles. The number of carbonyl (C=O) groups excluding carboxylic acids is 1. The molecule has 4 heterocycles. The SMILES string of the molecule is [C-]#[N+]C[C@H]1CN(c2nc(OC[C@@H]3CCCN3C)nc3c(F)c(-c4cncc5c4CCCC5)c(F)cc23)CCN1C(=O)C=C. The Labute approximate surface area is 250 Å². The highest BCUT2D eigenvalue weighted by Crippen LogP contribution is 2.39. The number of nitrogens with zero attached hydrogens (tertiary/aromatic N) is 7. The summed E-state index contributed by atoms with van der Waals surface area (Å²) in [7, 11) is 2.04. The van der Waals surface area contributed by atoms with Crippen LogP contribution in [0.3, 0.4) is 0 Å². The van der Waals surface area contributed by atoms with Crippen LogP contribution in [0, 0.1) is 18.2 Å². The van der Waals surface area contributed by atoms with Crippen molar-refractivity contribution in [3.05, 3.63) is 65.3 Å². The lowest BCUT2D eigenvalue weighted by molar-refractivity contribution is -0.128. The fourth-order valence-corrected chi connectivity index (χ4v) is 6.66. The van der Waals surface area contributed by atoms with Gasteiger partial charge in [-0.05, 0) is 75.4 Å². The Bertz CT molecular complexity index is 1610.